The van der Waals surface area contributed by atoms with E-state index in [1.807, 2.05) is 56.3 Å². The molecule has 0 saturated carbocycles. The standard InChI is InChI=1S/C31H46N3O9P/c1-8-24(16-29(35)41-19-42-30(36)23(7)43-44(38,39)40)25-11-14-28(34(17-20(2)3)18-21(4)5)27(15-25)33-31(37)32-26-12-9-22(6)10-13-26/h9-15,20-21,23-24H,8,16-19H2,1-7H3,(H2,32,33,37)(H2,38,39,40). The molecule has 2 aromatic rings. The van der Waals surface area contributed by atoms with Crippen molar-refractivity contribution >= 4 is 42.9 Å². The third kappa shape index (κ3) is 13.1. The Balaban J connectivity index is 2.23. The molecule has 0 aliphatic rings. The molecule has 2 atom stereocenters. The Hall–Kier alpha value is -3.44. The molecule has 2 unspecified atom stereocenters. The molecule has 2 amide bonds. The van der Waals surface area contributed by atoms with Crippen molar-refractivity contribution in [3.05, 3.63) is 53.6 Å². The van der Waals surface area contributed by atoms with Gasteiger partial charge in [-0.15, -0.1) is 0 Å². The average molecular weight is 636 g/mol. The quantitative estimate of drug-likeness (QED) is 0.0951. The minimum atomic E-state index is -4.88. The van der Waals surface area contributed by atoms with Gasteiger partial charge in [0.05, 0.1) is 17.8 Å². The van der Waals surface area contributed by atoms with Crippen LogP contribution in [0.2, 0.25) is 0 Å². The number of phosphoric acid groups is 1. The number of esters is 2. The molecule has 0 fully saturated rings. The number of benzene rings is 2. The molecule has 0 heterocycles. The number of carbonyl (C=O) groups is 3. The highest BCUT2D eigenvalue weighted by atomic mass is 31.2. The number of hydrogen-bond acceptors (Lipinski definition) is 8. The molecule has 0 spiro atoms. The molecule has 0 bridgehead atoms. The third-order valence-corrected chi connectivity index (χ3v) is 7.11. The van der Waals surface area contributed by atoms with Crippen LogP contribution >= 0.6 is 7.82 Å². The molecule has 244 valence electrons. The van der Waals surface area contributed by atoms with Crippen molar-refractivity contribution in [1.82, 2.24) is 0 Å². The van der Waals surface area contributed by atoms with Crippen LogP contribution < -0.4 is 15.5 Å². The molecule has 4 N–H and O–H groups in total. The van der Waals surface area contributed by atoms with Crippen molar-refractivity contribution in [2.75, 3.05) is 35.4 Å². The normalized spacial score (nSPS) is 12.9. The minimum absolute atomic E-state index is 0.0291. The Morgan fingerprint density at radius 1 is 0.909 bits per heavy atom. The summed E-state index contributed by atoms with van der Waals surface area (Å²) in [5, 5.41) is 5.89. The average Bonchev–Trinajstić information content (AvgIpc) is 2.91. The van der Waals surface area contributed by atoms with Gasteiger partial charge in [0.2, 0.25) is 6.79 Å². The van der Waals surface area contributed by atoms with Gasteiger partial charge in [0.25, 0.3) is 0 Å². The minimum Gasteiger partial charge on any atom is -0.428 e. The molecule has 0 aliphatic heterocycles. The van der Waals surface area contributed by atoms with Gasteiger partial charge in [-0.2, -0.15) is 0 Å². The number of nitrogens with one attached hydrogen (secondary N) is 2. The molecule has 12 nitrogen and oxygen atoms in total. The van der Waals surface area contributed by atoms with Gasteiger partial charge in [0.1, 0.15) is 0 Å². The maximum Gasteiger partial charge on any atom is 0.470 e. The van der Waals surface area contributed by atoms with E-state index in [2.05, 4.69) is 47.8 Å². The molecule has 0 radical (unpaired) electrons. The van der Waals surface area contributed by atoms with Crippen LogP contribution in [0.3, 0.4) is 0 Å². The number of rotatable bonds is 16. The van der Waals surface area contributed by atoms with E-state index in [0.29, 0.717) is 29.6 Å². The van der Waals surface area contributed by atoms with Crippen LogP contribution in [0.25, 0.3) is 0 Å². The van der Waals surface area contributed by atoms with Crippen molar-refractivity contribution in [3.63, 3.8) is 0 Å². The van der Waals surface area contributed by atoms with Gasteiger partial charge >= 0.3 is 25.8 Å². The Labute approximate surface area is 259 Å². The number of ether oxygens (including phenoxy) is 2. The summed E-state index contributed by atoms with van der Waals surface area (Å²) in [6, 6.07) is 12.9. The zero-order valence-electron chi connectivity index (χ0n) is 26.5. The molecular weight excluding hydrogens is 589 g/mol. The SMILES string of the molecule is CCC(CC(=O)OCOC(=O)C(C)OP(=O)(O)O)c1ccc(N(CC(C)C)CC(C)C)c(NC(=O)Nc2ccc(C)cc2)c1. The molecule has 13 heteroatoms. The Morgan fingerprint density at radius 2 is 1.52 bits per heavy atom. The summed E-state index contributed by atoms with van der Waals surface area (Å²) >= 11 is 0. The second kappa shape index (κ2) is 17.2. The molecule has 0 saturated heterocycles. The third-order valence-electron chi connectivity index (χ3n) is 6.52. The molecule has 0 aliphatic carbocycles. The van der Waals surface area contributed by atoms with Crippen LogP contribution in [-0.2, 0) is 28.2 Å². The van der Waals surface area contributed by atoms with Crippen molar-refractivity contribution in [2.24, 2.45) is 11.8 Å². The van der Waals surface area contributed by atoms with Gasteiger partial charge < -0.3 is 34.8 Å². The Kier molecular flexibility index (Phi) is 14.3. The van der Waals surface area contributed by atoms with E-state index in [0.717, 1.165) is 36.8 Å². The largest absolute Gasteiger partial charge is 0.470 e. The fraction of sp³-hybridized carbons (Fsp3) is 0.516. The first-order valence-electron chi connectivity index (χ1n) is 14.7. The van der Waals surface area contributed by atoms with Gasteiger partial charge in [-0.1, -0.05) is 58.4 Å². The number of carbonyl (C=O) groups excluding carboxylic acids is 3. The van der Waals surface area contributed by atoms with E-state index in [-0.39, 0.29) is 12.3 Å². The number of nitrogens with zero attached hydrogens (tertiary/aromatic N) is 1. The van der Waals surface area contributed by atoms with Crippen LogP contribution in [-0.4, -0.2) is 53.7 Å². The summed E-state index contributed by atoms with van der Waals surface area (Å²) in [6.45, 7) is 14.4. The van der Waals surface area contributed by atoms with E-state index < -0.39 is 38.7 Å². The fourth-order valence-electron chi connectivity index (χ4n) is 4.54. The summed E-state index contributed by atoms with van der Waals surface area (Å²) in [7, 11) is -4.88. The molecule has 44 heavy (non-hydrogen) atoms. The molecule has 0 aromatic heterocycles. The lowest BCUT2D eigenvalue weighted by molar-refractivity contribution is -0.172. The second-order valence-corrected chi connectivity index (χ2v) is 12.8. The van der Waals surface area contributed by atoms with Gasteiger partial charge in [-0.3, -0.25) is 9.32 Å². The van der Waals surface area contributed by atoms with Crippen LogP contribution in [0.1, 0.15) is 71.4 Å². The fourth-order valence-corrected chi connectivity index (χ4v) is 5.03. The van der Waals surface area contributed by atoms with Crippen molar-refractivity contribution < 1.29 is 42.7 Å². The van der Waals surface area contributed by atoms with Crippen molar-refractivity contribution in [3.8, 4) is 0 Å². The Bertz CT molecular complexity index is 1280. The zero-order chi connectivity index (χ0) is 33.0. The topological polar surface area (TPSA) is 164 Å². The zero-order valence-corrected chi connectivity index (χ0v) is 27.4. The van der Waals surface area contributed by atoms with Crippen LogP contribution in [0, 0.1) is 18.8 Å². The van der Waals surface area contributed by atoms with Crippen LogP contribution in [0.5, 0.6) is 0 Å². The molecule has 2 rings (SSSR count). The highest BCUT2D eigenvalue weighted by Gasteiger charge is 2.26. The number of hydrogen-bond donors (Lipinski definition) is 4. The maximum absolute atomic E-state index is 13.1. The number of aryl methyl sites for hydroxylation is 1. The summed E-state index contributed by atoms with van der Waals surface area (Å²) in [6.07, 6.45) is -0.993. The monoisotopic (exact) mass is 635 g/mol. The van der Waals surface area contributed by atoms with E-state index in [9.17, 15) is 18.9 Å². The van der Waals surface area contributed by atoms with Gasteiger partial charge in [-0.25, -0.2) is 14.2 Å². The number of urea groups is 1. The van der Waals surface area contributed by atoms with E-state index in [4.69, 9.17) is 19.3 Å². The summed E-state index contributed by atoms with van der Waals surface area (Å²) < 4.78 is 25.0. The second-order valence-electron chi connectivity index (χ2n) is 11.6. The van der Waals surface area contributed by atoms with Crippen molar-refractivity contribution in [1.29, 1.82) is 0 Å². The number of anilines is 3. The smallest absolute Gasteiger partial charge is 0.428 e. The first kappa shape index (κ1) is 36.8. The van der Waals surface area contributed by atoms with E-state index >= 15 is 0 Å². The number of amides is 2. The summed E-state index contributed by atoms with van der Waals surface area (Å²) in [5.41, 5.74) is 4.02. The van der Waals surface area contributed by atoms with Crippen molar-refractivity contribution in [2.45, 2.75) is 73.3 Å². The lowest BCUT2D eigenvalue weighted by Gasteiger charge is -2.31. The van der Waals surface area contributed by atoms with Gasteiger partial charge in [0, 0.05) is 18.8 Å². The van der Waals surface area contributed by atoms with Gasteiger partial charge in [-0.05, 0) is 67.9 Å². The highest BCUT2D eigenvalue weighted by molar-refractivity contribution is 7.46. The van der Waals surface area contributed by atoms with Crippen LogP contribution in [0.4, 0.5) is 21.9 Å². The van der Waals surface area contributed by atoms with Crippen LogP contribution in [0.15, 0.2) is 42.5 Å². The lowest BCUT2D eigenvalue weighted by atomic mass is 9.92. The number of phosphoric ester groups is 1. The first-order chi connectivity index (χ1) is 20.6. The van der Waals surface area contributed by atoms with E-state index in [1.54, 1.807) is 0 Å². The summed E-state index contributed by atoms with van der Waals surface area (Å²) in [5.74, 6) is -1.24. The molecular formula is C31H46N3O9P. The predicted molar refractivity (Wildman–Crippen MR) is 169 cm³/mol. The Morgan fingerprint density at radius 3 is 2.07 bits per heavy atom. The van der Waals surface area contributed by atoms with E-state index in [1.165, 1.54) is 0 Å². The predicted octanol–water partition coefficient (Wildman–Crippen LogP) is 6.18. The van der Waals surface area contributed by atoms with Gasteiger partial charge in [0.15, 0.2) is 6.10 Å². The maximum atomic E-state index is 13.1. The summed E-state index contributed by atoms with van der Waals surface area (Å²) in [4.78, 5) is 57.5. The lowest BCUT2D eigenvalue weighted by Crippen LogP contribution is -2.32. The molecule has 2 aromatic carbocycles. The first-order valence-corrected chi connectivity index (χ1v) is 16.2. The highest BCUT2D eigenvalue weighted by Crippen LogP contribution is 2.37.